The normalized spacial score (nSPS) is 12.4. The standard InChI is InChI=1S/C22H22FN5OS/c1-4-25-21-17(7-5-16-6-12-20(23)15(2)13-16)14-26-22(28-21)27-18-8-10-19(11-9-18)30(3,24)29/h6,8-14H,3-4H2,1-2H3,(H2,24,29)(H2,25,26,27,28). The quantitative estimate of drug-likeness (QED) is 0.432. The third-order valence-corrected chi connectivity index (χ3v) is 5.21. The van der Waals surface area contributed by atoms with Crippen molar-refractivity contribution in [1.82, 2.24) is 9.97 Å². The van der Waals surface area contributed by atoms with Gasteiger partial charge >= 0.3 is 0 Å². The summed E-state index contributed by atoms with van der Waals surface area (Å²) >= 11 is 0. The second kappa shape index (κ2) is 8.95. The predicted molar refractivity (Wildman–Crippen MR) is 121 cm³/mol. The Labute approximate surface area is 175 Å². The number of nitrogens with zero attached hydrogens (tertiary/aromatic N) is 2. The van der Waals surface area contributed by atoms with Crippen molar-refractivity contribution in [3.8, 4) is 11.8 Å². The Balaban J connectivity index is 1.85. The van der Waals surface area contributed by atoms with Gasteiger partial charge in [-0.05, 0) is 67.7 Å². The molecular weight excluding hydrogens is 401 g/mol. The molecule has 0 radical (unpaired) electrons. The maximum Gasteiger partial charge on any atom is 0.229 e. The van der Waals surface area contributed by atoms with E-state index in [0.717, 1.165) is 0 Å². The van der Waals surface area contributed by atoms with Gasteiger partial charge < -0.3 is 10.6 Å². The van der Waals surface area contributed by atoms with Crippen LogP contribution >= 0.6 is 0 Å². The Bertz CT molecular complexity index is 1230. The first-order valence-corrected chi connectivity index (χ1v) is 11.0. The average Bonchev–Trinajstić information content (AvgIpc) is 2.70. The summed E-state index contributed by atoms with van der Waals surface area (Å²) in [7, 11) is -2.75. The minimum absolute atomic E-state index is 0.260. The highest BCUT2D eigenvalue weighted by atomic mass is 32.2. The molecule has 1 atom stereocenters. The topological polar surface area (TPSA) is 92.9 Å². The van der Waals surface area contributed by atoms with Gasteiger partial charge in [-0.15, -0.1) is 0 Å². The number of nitrogens with one attached hydrogen (secondary N) is 2. The minimum atomic E-state index is -2.75. The van der Waals surface area contributed by atoms with Crippen molar-refractivity contribution in [2.45, 2.75) is 18.7 Å². The van der Waals surface area contributed by atoms with Gasteiger partial charge in [-0.25, -0.2) is 13.6 Å². The lowest BCUT2D eigenvalue weighted by Crippen LogP contribution is -2.11. The highest BCUT2D eigenvalue weighted by Crippen LogP contribution is 2.19. The van der Waals surface area contributed by atoms with E-state index in [2.05, 4.69) is 38.3 Å². The number of hydrogen-bond donors (Lipinski definition) is 3. The Hall–Kier alpha value is -3.41. The van der Waals surface area contributed by atoms with Crippen LogP contribution in [0.3, 0.4) is 0 Å². The molecule has 0 saturated carbocycles. The van der Waals surface area contributed by atoms with Crippen LogP contribution in [0.1, 0.15) is 23.6 Å². The first kappa shape index (κ1) is 21.3. The van der Waals surface area contributed by atoms with Gasteiger partial charge in [0.1, 0.15) is 11.6 Å². The van der Waals surface area contributed by atoms with Gasteiger partial charge in [-0.2, -0.15) is 4.98 Å². The zero-order valence-corrected chi connectivity index (χ0v) is 17.5. The van der Waals surface area contributed by atoms with E-state index >= 15 is 0 Å². The van der Waals surface area contributed by atoms with Crippen molar-refractivity contribution in [2.24, 2.45) is 5.14 Å². The lowest BCUT2D eigenvalue weighted by Gasteiger charge is -2.10. The molecule has 2 aromatic carbocycles. The number of halogens is 1. The lowest BCUT2D eigenvalue weighted by molar-refractivity contribution is 0.618. The van der Waals surface area contributed by atoms with E-state index in [4.69, 9.17) is 5.14 Å². The van der Waals surface area contributed by atoms with E-state index in [1.807, 2.05) is 6.92 Å². The maximum absolute atomic E-state index is 13.4. The Morgan fingerprint density at radius 1 is 1.20 bits per heavy atom. The van der Waals surface area contributed by atoms with Crippen molar-refractivity contribution in [3.63, 3.8) is 0 Å². The summed E-state index contributed by atoms with van der Waals surface area (Å²) in [4.78, 5) is 9.26. The molecule has 8 heteroatoms. The fourth-order valence-electron chi connectivity index (χ4n) is 2.60. The molecular formula is C22H22FN5OS. The second-order valence-electron chi connectivity index (χ2n) is 6.58. The number of benzene rings is 2. The number of aromatic nitrogens is 2. The Morgan fingerprint density at radius 2 is 1.93 bits per heavy atom. The van der Waals surface area contributed by atoms with Gasteiger partial charge in [0.2, 0.25) is 5.95 Å². The summed E-state index contributed by atoms with van der Waals surface area (Å²) in [5, 5.41) is 11.8. The summed E-state index contributed by atoms with van der Waals surface area (Å²) in [6.45, 7) is 4.31. The van der Waals surface area contributed by atoms with Crippen LogP contribution in [-0.4, -0.2) is 26.6 Å². The Morgan fingerprint density at radius 3 is 2.57 bits per heavy atom. The van der Waals surface area contributed by atoms with Crippen molar-refractivity contribution in [3.05, 3.63) is 71.2 Å². The molecule has 0 saturated heterocycles. The lowest BCUT2D eigenvalue weighted by atomic mass is 10.1. The molecule has 0 bridgehead atoms. The summed E-state index contributed by atoms with van der Waals surface area (Å²) in [5.74, 6) is 10.2. The zero-order chi connectivity index (χ0) is 21.7. The van der Waals surface area contributed by atoms with Crippen molar-refractivity contribution < 1.29 is 8.60 Å². The molecule has 1 heterocycles. The van der Waals surface area contributed by atoms with Gasteiger partial charge in [0.05, 0.1) is 21.5 Å². The fraction of sp³-hybridized carbons (Fsp3) is 0.136. The summed E-state index contributed by atoms with van der Waals surface area (Å²) in [6.07, 6.45) is 1.62. The van der Waals surface area contributed by atoms with E-state index in [-0.39, 0.29) is 5.82 Å². The smallest absolute Gasteiger partial charge is 0.229 e. The molecule has 1 unspecified atom stereocenters. The van der Waals surface area contributed by atoms with Crippen molar-refractivity contribution in [1.29, 1.82) is 0 Å². The molecule has 0 aliphatic rings. The number of hydrogen-bond acceptors (Lipinski definition) is 5. The molecule has 0 aliphatic heterocycles. The van der Waals surface area contributed by atoms with E-state index in [1.165, 1.54) is 6.07 Å². The average molecular weight is 424 g/mol. The molecule has 0 fully saturated rings. The highest BCUT2D eigenvalue weighted by Gasteiger charge is 2.07. The van der Waals surface area contributed by atoms with Gasteiger partial charge in [-0.1, -0.05) is 11.8 Å². The van der Waals surface area contributed by atoms with Gasteiger partial charge in [0.25, 0.3) is 0 Å². The van der Waals surface area contributed by atoms with Crippen molar-refractivity contribution in [2.75, 3.05) is 17.2 Å². The van der Waals surface area contributed by atoms with Crippen molar-refractivity contribution >= 4 is 33.0 Å². The van der Waals surface area contributed by atoms with Crippen LogP contribution in [0.2, 0.25) is 0 Å². The third-order valence-electron chi connectivity index (χ3n) is 4.14. The van der Waals surface area contributed by atoms with Crippen LogP contribution in [-0.2, 0) is 9.71 Å². The van der Waals surface area contributed by atoms with E-state index in [1.54, 1.807) is 49.5 Å². The second-order valence-corrected chi connectivity index (χ2v) is 8.50. The SMILES string of the molecule is C=S(N)(=O)c1ccc(Nc2ncc(C#Cc3ccc(F)c(C)c3)c(NCC)n2)cc1. The zero-order valence-electron chi connectivity index (χ0n) is 16.7. The van der Waals surface area contributed by atoms with Gasteiger partial charge in [0.15, 0.2) is 0 Å². The van der Waals surface area contributed by atoms with Gasteiger partial charge in [-0.3, -0.25) is 5.14 Å². The first-order chi connectivity index (χ1) is 14.3. The fourth-order valence-corrected chi connectivity index (χ4v) is 3.19. The monoisotopic (exact) mass is 423 g/mol. The van der Waals surface area contributed by atoms with Crippen LogP contribution in [0.15, 0.2) is 53.6 Å². The van der Waals surface area contributed by atoms with Crippen LogP contribution in [0, 0.1) is 24.6 Å². The molecule has 0 amide bonds. The van der Waals surface area contributed by atoms with Crippen LogP contribution in [0.5, 0.6) is 0 Å². The first-order valence-electron chi connectivity index (χ1n) is 9.17. The number of aryl methyl sites for hydroxylation is 1. The number of nitrogens with two attached hydrogens (primary N) is 1. The number of anilines is 3. The maximum atomic E-state index is 13.4. The summed E-state index contributed by atoms with van der Waals surface area (Å²) < 4.78 is 25.2. The molecule has 3 rings (SSSR count). The summed E-state index contributed by atoms with van der Waals surface area (Å²) in [6, 6.07) is 11.5. The minimum Gasteiger partial charge on any atom is -0.369 e. The largest absolute Gasteiger partial charge is 0.369 e. The van der Waals surface area contributed by atoms with Crippen LogP contribution in [0.25, 0.3) is 0 Å². The van der Waals surface area contributed by atoms with Gasteiger partial charge in [0, 0.05) is 22.7 Å². The molecule has 154 valence electrons. The molecule has 1 aromatic heterocycles. The third kappa shape index (κ3) is 5.35. The molecule has 4 N–H and O–H groups in total. The Kier molecular flexibility index (Phi) is 6.35. The van der Waals surface area contributed by atoms with E-state index < -0.39 is 9.71 Å². The van der Waals surface area contributed by atoms with E-state index in [0.29, 0.717) is 45.6 Å². The molecule has 0 spiro atoms. The van der Waals surface area contributed by atoms with Crippen LogP contribution in [0.4, 0.5) is 21.8 Å². The molecule has 30 heavy (non-hydrogen) atoms. The van der Waals surface area contributed by atoms with E-state index in [9.17, 15) is 8.60 Å². The number of rotatable bonds is 5. The highest BCUT2D eigenvalue weighted by molar-refractivity contribution is 7.98. The van der Waals surface area contributed by atoms with Crippen LogP contribution < -0.4 is 15.8 Å². The molecule has 0 aliphatic carbocycles. The predicted octanol–water partition coefficient (Wildman–Crippen LogP) is 3.45. The summed E-state index contributed by atoms with van der Waals surface area (Å²) in [5.41, 5.74) is 2.59. The molecule has 3 aromatic rings. The molecule has 6 nitrogen and oxygen atoms in total.